The molecule has 0 bridgehead atoms. The van der Waals surface area contributed by atoms with E-state index in [1.165, 1.54) is 24.3 Å². The van der Waals surface area contributed by atoms with E-state index in [-0.39, 0.29) is 11.5 Å². The van der Waals surface area contributed by atoms with E-state index in [0.717, 1.165) is 0 Å². The lowest BCUT2D eigenvalue weighted by molar-refractivity contribution is 0.460. The van der Waals surface area contributed by atoms with Crippen molar-refractivity contribution in [1.82, 2.24) is 0 Å². The number of phenols is 2. The van der Waals surface area contributed by atoms with E-state index in [2.05, 4.69) is 0 Å². The lowest BCUT2D eigenvalue weighted by Crippen LogP contribution is -2.00. The summed E-state index contributed by atoms with van der Waals surface area (Å²) in [5.41, 5.74) is 0. The number of rotatable bonds is 2. The molecule has 23 heavy (non-hydrogen) atoms. The zero-order chi connectivity index (χ0) is 16.7. The fourth-order valence-electron chi connectivity index (χ4n) is 1.79. The highest BCUT2D eigenvalue weighted by atomic mass is 32.2. The van der Waals surface area contributed by atoms with E-state index in [0.29, 0.717) is 9.79 Å². The van der Waals surface area contributed by atoms with Crippen LogP contribution in [0.1, 0.15) is 0 Å². The van der Waals surface area contributed by atoms with Gasteiger partial charge in [-0.25, -0.2) is 8.42 Å². The summed E-state index contributed by atoms with van der Waals surface area (Å²) in [6.45, 7) is 0. The minimum atomic E-state index is -3.34. The standard InChI is InChI=1S/C12H10O2S.C6H6O2/c13-15(14,11-7-3-1-4-8-11)12-9-5-2-6-10-12;7-5-1-2-6(8)4-3-5/h1-10H;1-4,7-8H. The van der Waals surface area contributed by atoms with Crippen molar-refractivity contribution in [2.24, 2.45) is 0 Å². The molecule has 0 aliphatic rings. The van der Waals surface area contributed by atoms with E-state index < -0.39 is 9.84 Å². The van der Waals surface area contributed by atoms with Gasteiger partial charge in [0.15, 0.2) is 0 Å². The number of hydrogen-bond donors (Lipinski definition) is 2. The van der Waals surface area contributed by atoms with Gasteiger partial charge in [-0.1, -0.05) is 36.4 Å². The second-order valence-electron chi connectivity index (χ2n) is 4.65. The van der Waals surface area contributed by atoms with Gasteiger partial charge in [-0.05, 0) is 48.5 Å². The molecule has 4 nitrogen and oxygen atoms in total. The van der Waals surface area contributed by atoms with Gasteiger partial charge in [0.1, 0.15) is 11.5 Å². The Hall–Kier alpha value is -2.79. The molecule has 5 heteroatoms. The third-order valence-electron chi connectivity index (χ3n) is 2.96. The summed E-state index contributed by atoms with van der Waals surface area (Å²) in [5, 5.41) is 17.3. The summed E-state index contributed by atoms with van der Waals surface area (Å²) in [7, 11) is -3.34. The lowest BCUT2D eigenvalue weighted by atomic mass is 10.3. The van der Waals surface area contributed by atoms with Gasteiger partial charge in [0.2, 0.25) is 9.84 Å². The van der Waals surface area contributed by atoms with Crippen LogP contribution in [-0.2, 0) is 9.84 Å². The summed E-state index contributed by atoms with van der Waals surface area (Å²) in [5.74, 6) is 0.339. The summed E-state index contributed by atoms with van der Waals surface area (Å²) < 4.78 is 24.1. The zero-order valence-electron chi connectivity index (χ0n) is 12.2. The molecule has 118 valence electrons. The van der Waals surface area contributed by atoms with Crippen LogP contribution in [0.4, 0.5) is 0 Å². The molecule has 2 N–H and O–H groups in total. The Balaban J connectivity index is 0.000000203. The number of hydrogen-bond acceptors (Lipinski definition) is 4. The van der Waals surface area contributed by atoms with Crippen molar-refractivity contribution >= 4 is 9.84 Å². The van der Waals surface area contributed by atoms with Gasteiger partial charge >= 0.3 is 0 Å². The number of benzene rings is 3. The average molecular weight is 328 g/mol. The van der Waals surface area contributed by atoms with Crippen LogP contribution in [0.25, 0.3) is 0 Å². The molecule has 3 aromatic rings. The first-order chi connectivity index (χ1) is 11.0. The molecule has 0 spiro atoms. The fourth-order valence-corrected chi connectivity index (χ4v) is 3.09. The Labute approximate surface area is 135 Å². The first-order valence-corrected chi connectivity index (χ1v) is 8.31. The summed E-state index contributed by atoms with van der Waals surface area (Å²) >= 11 is 0. The molecule has 0 aliphatic carbocycles. The smallest absolute Gasteiger partial charge is 0.206 e. The van der Waals surface area contributed by atoms with Crippen molar-refractivity contribution in [2.45, 2.75) is 9.79 Å². The fraction of sp³-hybridized carbons (Fsp3) is 0. The van der Waals surface area contributed by atoms with E-state index in [1.54, 1.807) is 60.7 Å². The highest BCUT2D eigenvalue weighted by molar-refractivity contribution is 7.91. The van der Waals surface area contributed by atoms with Crippen LogP contribution in [0, 0.1) is 0 Å². The quantitative estimate of drug-likeness (QED) is 0.705. The van der Waals surface area contributed by atoms with Crippen molar-refractivity contribution < 1.29 is 18.6 Å². The minimum Gasteiger partial charge on any atom is -0.508 e. The Morgan fingerprint density at radius 1 is 0.522 bits per heavy atom. The number of phenolic OH excluding ortho intramolecular Hbond substituents is 2. The second-order valence-corrected chi connectivity index (χ2v) is 6.60. The zero-order valence-corrected chi connectivity index (χ0v) is 13.0. The van der Waals surface area contributed by atoms with Crippen LogP contribution in [-0.4, -0.2) is 18.6 Å². The highest BCUT2D eigenvalue weighted by Gasteiger charge is 2.15. The maximum absolute atomic E-state index is 12.0. The Morgan fingerprint density at radius 3 is 1.13 bits per heavy atom. The molecule has 0 heterocycles. The van der Waals surface area contributed by atoms with Crippen molar-refractivity contribution in [2.75, 3.05) is 0 Å². The lowest BCUT2D eigenvalue weighted by Gasteiger charge is -2.03. The predicted molar refractivity (Wildman–Crippen MR) is 88.1 cm³/mol. The molecule has 0 unspecified atom stereocenters. The monoisotopic (exact) mass is 328 g/mol. The van der Waals surface area contributed by atoms with Gasteiger partial charge in [-0.2, -0.15) is 0 Å². The van der Waals surface area contributed by atoms with Crippen molar-refractivity contribution in [3.63, 3.8) is 0 Å². The van der Waals surface area contributed by atoms with Gasteiger partial charge in [0.25, 0.3) is 0 Å². The molecule has 3 aromatic carbocycles. The molecule has 0 fully saturated rings. The third kappa shape index (κ3) is 4.59. The molecule has 0 amide bonds. The average Bonchev–Trinajstić information content (AvgIpc) is 2.60. The number of aromatic hydroxyl groups is 2. The molecule has 3 rings (SSSR count). The van der Waals surface area contributed by atoms with E-state index >= 15 is 0 Å². The molecule has 0 radical (unpaired) electrons. The maximum atomic E-state index is 12.0. The molecular formula is C18H16O4S. The van der Waals surface area contributed by atoms with Crippen LogP contribution in [0.3, 0.4) is 0 Å². The maximum Gasteiger partial charge on any atom is 0.206 e. The largest absolute Gasteiger partial charge is 0.508 e. The Bertz CT molecular complexity index is 761. The molecule has 0 aromatic heterocycles. The van der Waals surface area contributed by atoms with Crippen molar-refractivity contribution in [3.05, 3.63) is 84.9 Å². The topological polar surface area (TPSA) is 74.6 Å². The van der Waals surface area contributed by atoms with Gasteiger partial charge in [-0.3, -0.25) is 0 Å². The SMILES string of the molecule is O=S(=O)(c1ccccc1)c1ccccc1.Oc1ccc(O)cc1. The highest BCUT2D eigenvalue weighted by Crippen LogP contribution is 2.19. The van der Waals surface area contributed by atoms with Crippen LogP contribution in [0.5, 0.6) is 11.5 Å². The van der Waals surface area contributed by atoms with Crippen molar-refractivity contribution in [3.8, 4) is 11.5 Å². The normalized spacial score (nSPS) is 10.4. The Morgan fingerprint density at radius 2 is 0.826 bits per heavy atom. The first kappa shape index (κ1) is 16.6. The van der Waals surface area contributed by atoms with Crippen LogP contribution in [0.15, 0.2) is 94.7 Å². The second kappa shape index (κ2) is 7.47. The molecule has 0 aliphatic heterocycles. The summed E-state index contributed by atoms with van der Waals surface area (Å²) in [6, 6.07) is 22.6. The summed E-state index contributed by atoms with van der Waals surface area (Å²) in [6.07, 6.45) is 0. The van der Waals surface area contributed by atoms with Gasteiger partial charge in [0.05, 0.1) is 9.79 Å². The number of sulfone groups is 1. The van der Waals surface area contributed by atoms with E-state index in [9.17, 15) is 8.42 Å². The van der Waals surface area contributed by atoms with Crippen LogP contribution in [0.2, 0.25) is 0 Å². The predicted octanol–water partition coefficient (Wildman–Crippen LogP) is 3.62. The van der Waals surface area contributed by atoms with Crippen molar-refractivity contribution in [1.29, 1.82) is 0 Å². The Kier molecular flexibility index (Phi) is 5.38. The molecule has 0 saturated carbocycles. The molecule has 0 atom stereocenters. The van der Waals surface area contributed by atoms with E-state index in [4.69, 9.17) is 10.2 Å². The van der Waals surface area contributed by atoms with Gasteiger partial charge in [-0.15, -0.1) is 0 Å². The van der Waals surface area contributed by atoms with Crippen LogP contribution >= 0.6 is 0 Å². The minimum absolute atomic E-state index is 0.169. The summed E-state index contributed by atoms with van der Waals surface area (Å²) in [4.78, 5) is 0.660. The molecule has 0 saturated heterocycles. The molecular weight excluding hydrogens is 312 g/mol. The van der Waals surface area contributed by atoms with Gasteiger partial charge in [0, 0.05) is 0 Å². The van der Waals surface area contributed by atoms with Gasteiger partial charge < -0.3 is 10.2 Å². The van der Waals surface area contributed by atoms with Crippen LogP contribution < -0.4 is 0 Å². The third-order valence-corrected chi connectivity index (χ3v) is 4.74. The first-order valence-electron chi connectivity index (χ1n) is 6.83. The van der Waals surface area contributed by atoms with E-state index in [1.807, 2.05) is 0 Å².